The number of amides is 2. The monoisotopic (exact) mass is 440 g/mol. The zero-order chi connectivity index (χ0) is 22.6. The number of unbranched alkanes of at least 4 members (excludes halogenated alkanes) is 1. The van der Waals surface area contributed by atoms with Crippen molar-refractivity contribution in [3.05, 3.63) is 41.3 Å². The van der Waals surface area contributed by atoms with Gasteiger partial charge < -0.3 is 0 Å². The van der Waals surface area contributed by atoms with Gasteiger partial charge in [-0.3, -0.25) is 14.3 Å². The first-order valence-corrected chi connectivity index (χ1v) is 11.4. The summed E-state index contributed by atoms with van der Waals surface area (Å²) in [7, 11) is 1.75. The summed E-state index contributed by atoms with van der Waals surface area (Å²) in [5.74, 6) is 0.237. The van der Waals surface area contributed by atoms with Gasteiger partial charge in [0.25, 0.3) is 11.8 Å². The number of nitriles is 1. The number of aromatic nitrogens is 3. The normalized spacial score (nSPS) is 14.0. The summed E-state index contributed by atoms with van der Waals surface area (Å²) in [5.41, 5.74) is 1.59. The molecular weight excluding hydrogens is 412 g/mol. The van der Waals surface area contributed by atoms with Crippen molar-refractivity contribution in [2.24, 2.45) is 7.05 Å². The Morgan fingerprint density at radius 2 is 1.94 bits per heavy atom. The number of carbonyl (C=O) groups excluding carboxylic acids is 2. The lowest BCUT2D eigenvalue weighted by Crippen LogP contribution is -2.45. The van der Waals surface area contributed by atoms with Crippen molar-refractivity contribution < 1.29 is 9.59 Å². The lowest BCUT2D eigenvalue weighted by atomic mass is 9.92. The van der Waals surface area contributed by atoms with Gasteiger partial charge in [-0.05, 0) is 31.0 Å². The van der Waals surface area contributed by atoms with Gasteiger partial charge >= 0.3 is 0 Å². The number of pyridine rings is 1. The molecule has 1 saturated heterocycles. The topological polar surface area (TPSA) is 95.1 Å². The number of carbonyl (C=O) groups is 2. The zero-order valence-corrected chi connectivity index (χ0v) is 19.3. The standard InChI is InChI=1S/C22H28N6O2S/c1-22(2,3)18-15-17(26(4)25-18)21(30)28-13-8-12-27(28)20(29)16-9-7-11-24-19(16)31-14-6-5-10-23/h7,9,11,15H,5-6,8,12-14H2,1-4H3. The maximum Gasteiger partial charge on any atom is 0.290 e. The fourth-order valence-electron chi connectivity index (χ4n) is 3.33. The van der Waals surface area contributed by atoms with Crippen LogP contribution in [0.15, 0.2) is 29.4 Å². The molecule has 0 aliphatic carbocycles. The molecule has 0 aromatic carbocycles. The van der Waals surface area contributed by atoms with Crippen LogP contribution in [0.25, 0.3) is 0 Å². The van der Waals surface area contributed by atoms with Gasteiger partial charge in [0.1, 0.15) is 10.7 Å². The fourth-order valence-corrected chi connectivity index (χ4v) is 4.26. The van der Waals surface area contributed by atoms with Crippen molar-refractivity contribution in [1.82, 2.24) is 24.8 Å². The number of hydrazine groups is 1. The van der Waals surface area contributed by atoms with Gasteiger partial charge in [0.2, 0.25) is 0 Å². The van der Waals surface area contributed by atoms with Crippen molar-refractivity contribution in [2.45, 2.75) is 50.5 Å². The molecule has 9 heteroatoms. The minimum Gasteiger partial charge on any atom is -0.267 e. The van der Waals surface area contributed by atoms with E-state index in [4.69, 9.17) is 5.26 Å². The lowest BCUT2D eigenvalue weighted by Gasteiger charge is -2.28. The second kappa shape index (κ2) is 9.52. The van der Waals surface area contributed by atoms with Gasteiger partial charge in [-0.25, -0.2) is 15.0 Å². The Kier molecular flexibility index (Phi) is 7.01. The quantitative estimate of drug-likeness (QED) is 0.505. The van der Waals surface area contributed by atoms with Crippen molar-refractivity contribution in [2.75, 3.05) is 18.8 Å². The average Bonchev–Trinajstić information content (AvgIpc) is 3.37. The summed E-state index contributed by atoms with van der Waals surface area (Å²) in [6.45, 7) is 7.10. The summed E-state index contributed by atoms with van der Waals surface area (Å²) < 4.78 is 1.59. The third-order valence-corrected chi connectivity index (χ3v) is 6.13. The second-order valence-electron chi connectivity index (χ2n) is 8.46. The van der Waals surface area contributed by atoms with E-state index in [0.717, 1.165) is 12.1 Å². The van der Waals surface area contributed by atoms with Crippen LogP contribution in [-0.4, -0.2) is 55.4 Å². The maximum absolute atomic E-state index is 13.4. The Bertz CT molecular complexity index is 1000. The molecule has 164 valence electrons. The number of nitrogens with zero attached hydrogens (tertiary/aromatic N) is 6. The third kappa shape index (κ3) is 5.07. The van der Waals surface area contributed by atoms with Gasteiger partial charge in [-0.15, -0.1) is 11.8 Å². The first-order valence-electron chi connectivity index (χ1n) is 10.4. The molecule has 1 fully saturated rings. The van der Waals surface area contributed by atoms with Crippen LogP contribution in [0.4, 0.5) is 0 Å². The van der Waals surface area contributed by atoms with E-state index >= 15 is 0 Å². The van der Waals surface area contributed by atoms with Crippen LogP contribution in [-0.2, 0) is 12.5 Å². The van der Waals surface area contributed by atoms with E-state index in [1.165, 1.54) is 21.8 Å². The molecule has 0 atom stereocenters. The van der Waals surface area contributed by atoms with E-state index in [1.54, 1.807) is 30.1 Å². The SMILES string of the molecule is Cn1nc(C(C)(C)C)cc1C(=O)N1CCCN1C(=O)c1cccnc1SCCCC#N. The highest BCUT2D eigenvalue weighted by molar-refractivity contribution is 7.99. The first kappa shape index (κ1) is 22.8. The maximum atomic E-state index is 13.4. The Balaban J connectivity index is 1.81. The van der Waals surface area contributed by atoms with Gasteiger partial charge in [-0.1, -0.05) is 20.8 Å². The summed E-state index contributed by atoms with van der Waals surface area (Å²) in [6.07, 6.45) is 3.57. The summed E-state index contributed by atoms with van der Waals surface area (Å²) in [6, 6.07) is 7.40. The largest absolute Gasteiger partial charge is 0.290 e. The zero-order valence-electron chi connectivity index (χ0n) is 18.5. The molecule has 0 N–H and O–H groups in total. The highest BCUT2D eigenvalue weighted by Crippen LogP contribution is 2.26. The predicted molar refractivity (Wildman–Crippen MR) is 118 cm³/mol. The molecule has 0 radical (unpaired) electrons. The minimum absolute atomic E-state index is 0.176. The van der Waals surface area contributed by atoms with Crippen molar-refractivity contribution in [3.63, 3.8) is 0 Å². The van der Waals surface area contributed by atoms with Gasteiger partial charge in [0.15, 0.2) is 0 Å². The molecular formula is C22H28N6O2S. The van der Waals surface area contributed by atoms with Crippen LogP contribution in [0, 0.1) is 11.3 Å². The van der Waals surface area contributed by atoms with E-state index in [0.29, 0.717) is 48.0 Å². The Morgan fingerprint density at radius 3 is 2.58 bits per heavy atom. The highest BCUT2D eigenvalue weighted by Gasteiger charge is 2.35. The van der Waals surface area contributed by atoms with Crippen molar-refractivity contribution >= 4 is 23.6 Å². The number of hydrogen-bond donors (Lipinski definition) is 0. The summed E-state index contributed by atoms with van der Waals surface area (Å²) in [5, 5.41) is 16.9. The van der Waals surface area contributed by atoms with Crippen LogP contribution in [0.3, 0.4) is 0 Å². The van der Waals surface area contributed by atoms with Crippen LogP contribution in [0.1, 0.15) is 66.6 Å². The van der Waals surface area contributed by atoms with Gasteiger partial charge in [0, 0.05) is 43.9 Å². The fraction of sp³-hybridized carbons (Fsp3) is 0.500. The molecule has 31 heavy (non-hydrogen) atoms. The molecule has 0 spiro atoms. The number of aryl methyl sites for hydroxylation is 1. The number of rotatable bonds is 6. The lowest BCUT2D eigenvalue weighted by molar-refractivity contribution is 0.0176. The van der Waals surface area contributed by atoms with Gasteiger partial charge in [0.05, 0.1) is 17.3 Å². The van der Waals surface area contributed by atoms with E-state index in [9.17, 15) is 9.59 Å². The smallest absolute Gasteiger partial charge is 0.267 e. The van der Waals surface area contributed by atoms with E-state index in [-0.39, 0.29) is 17.2 Å². The Labute approximate surface area is 187 Å². The molecule has 3 heterocycles. The molecule has 0 bridgehead atoms. The van der Waals surface area contributed by atoms with Crippen molar-refractivity contribution in [3.8, 4) is 6.07 Å². The van der Waals surface area contributed by atoms with E-state index in [1.807, 2.05) is 26.8 Å². The number of hydrogen-bond acceptors (Lipinski definition) is 6. The highest BCUT2D eigenvalue weighted by atomic mass is 32.2. The molecule has 3 rings (SSSR count). The van der Waals surface area contributed by atoms with Crippen LogP contribution in [0.5, 0.6) is 0 Å². The Morgan fingerprint density at radius 1 is 1.23 bits per heavy atom. The van der Waals surface area contributed by atoms with E-state index < -0.39 is 0 Å². The predicted octanol–water partition coefficient (Wildman–Crippen LogP) is 3.41. The third-order valence-electron chi connectivity index (χ3n) is 5.04. The molecule has 8 nitrogen and oxygen atoms in total. The molecule has 1 aliphatic heterocycles. The first-order chi connectivity index (χ1) is 14.7. The summed E-state index contributed by atoms with van der Waals surface area (Å²) in [4.78, 5) is 31.0. The minimum atomic E-state index is -0.236. The average molecular weight is 441 g/mol. The van der Waals surface area contributed by atoms with Gasteiger partial charge in [-0.2, -0.15) is 10.4 Å². The van der Waals surface area contributed by atoms with Crippen LogP contribution in [0.2, 0.25) is 0 Å². The molecule has 0 unspecified atom stereocenters. The summed E-state index contributed by atoms with van der Waals surface area (Å²) >= 11 is 1.46. The molecule has 2 aromatic rings. The van der Waals surface area contributed by atoms with Crippen LogP contribution < -0.4 is 0 Å². The Hall–Kier alpha value is -2.86. The molecule has 2 aromatic heterocycles. The number of thioether (sulfide) groups is 1. The second-order valence-corrected chi connectivity index (χ2v) is 9.55. The molecule has 0 saturated carbocycles. The molecule has 2 amide bonds. The van der Waals surface area contributed by atoms with Crippen molar-refractivity contribution in [1.29, 1.82) is 5.26 Å². The van der Waals surface area contributed by atoms with E-state index in [2.05, 4.69) is 16.2 Å². The molecule has 1 aliphatic rings. The van der Waals surface area contributed by atoms with Crippen LogP contribution >= 0.6 is 11.8 Å².